The normalized spacial score (nSPS) is 14.2. The number of nitrogen functional groups attached to an aromatic ring is 1. The van der Waals surface area contributed by atoms with E-state index in [-0.39, 0.29) is 36.6 Å². The van der Waals surface area contributed by atoms with Crippen molar-refractivity contribution < 1.29 is 9.59 Å². The van der Waals surface area contributed by atoms with Crippen molar-refractivity contribution in [2.75, 3.05) is 51.5 Å². The molecule has 0 unspecified atom stereocenters. The molecule has 1 aromatic carbocycles. The Balaban J connectivity index is 0.00000288. The topological polar surface area (TPSA) is 69.9 Å². The molecule has 1 aliphatic heterocycles. The zero-order valence-electron chi connectivity index (χ0n) is 14.8. The minimum atomic E-state index is -0.0298. The van der Waals surface area contributed by atoms with Gasteiger partial charge in [0.15, 0.2) is 0 Å². The molecule has 1 saturated heterocycles. The lowest BCUT2D eigenvalue weighted by Crippen LogP contribution is -2.51. The molecule has 0 aromatic heterocycles. The van der Waals surface area contributed by atoms with E-state index >= 15 is 0 Å². The molecule has 25 heavy (non-hydrogen) atoms. The number of para-hydroxylation sites is 1. The van der Waals surface area contributed by atoms with Crippen LogP contribution in [0.4, 0.5) is 5.69 Å². The molecule has 0 aliphatic carbocycles. The quantitative estimate of drug-likeness (QED) is 0.777. The fourth-order valence-corrected chi connectivity index (χ4v) is 2.84. The van der Waals surface area contributed by atoms with Crippen LogP contribution in [-0.4, -0.2) is 72.3 Å². The van der Waals surface area contributed by atoms with E-state index in [1.807, 2.05) is 35.8 Å². The van der Waals surface area contributed by atoms with Gasteiger partial charge >= 0.3 is 0 Å². The maximum absolute atomic E-state index is 12.5. The monoisotopic (exact) mass is 390 g/mol. The number of likely N-dealkylation sites (N-methyl/N-ethyl adjacent to an activating group) is 1. The van der Waals surface area contributed by atoms with Crippen LogP contribution in [0.1, 0.15) is 24.2 Å². The van der Waals surface area contributed by atoms with Crippen LogP contribution in [0.2, 0.25) is 0 Å². The number of anilines is 1. The number of carbonyl (C=O) groups excluding carboxylic acids is 2. The number of nitrogens with two attached hydrogens (primary N) is 1. The number of benzene rings is 1. The minimum absolute atomic E-state index is 0. The Labute approximate surface area is 162 Å². The van der Waals surface area contributed by atoms with Gasteiger partial charge in [-0.05, 0) is 26.0 Å². The third-order valence-electron chi connectivity index (χ3n) is 4.33. The summed E-state index contributed by atoms with van der Waals surface area (Å²) < 4.78 is 0. The molecule has 0 atom stereocenters. The Morgan fingerprint density at radius 1 is 1.04 bits per heavy atom. The van der Waals surface area contributed by atoms with Crippen molar-refractivity contribution in [2.45, 2.75) is 13.8 Å². The van der Waals surface area contributed by atoms with E-state index in [1.165, 1.54) is 0 Å². The Morgan fingerprint density at radius 2 is 1.60 bits per heavy atom. The Morgan fingerprint density at radius 3 is 2.12 bits per heavy atom. The smallest absolute Gasteiger partial charge is 0.256 e. The molecule has 1 fully saturated rings. The third-order valence-corrected chi connectivity index (χ3v) is 4.33. The lowest BCUT2D eigenvalue weighted by atomic mass is 10.1. The van der Waals surface area contributed by atoms with Crippen molar-refractivity contribution in [1.82, 2.24) is 14.7 Å². The summed E-state index contributed by atoms with van der Waals surface area (Å²) >= 11 is 0. The van der Waals surface area contributed by atoms with Gasteiger partial charge in [0.05, 0.1) is 12.1 Å². The Hall–Kier alpha value is -1.50. The van der Waals surface area contributed by atoms with Gasteiger partial charge in [0.1, 0.15) is 0 Å². The minimum Gasteiger partial charge on any atom is -0.398 e. The zero-order valence-corrected chi connectivity index (χ0v) is 16.4. The Bertz CT molecular complexity index is 559. The average Bonchev–Trinajstić information content (AvgIpc) is 2.56. The molecule has 2 rings (SSSR count). The number of rotatable bonds is 5. The predicted molar refractivity (Wildman–Crippen MR) is 106 cm³/mol. The highest BCUT2D eigenvalue weighted by molar-refractivity contribution is 5.99. The van der Waals surface area contributed by atoms with E-state index in [1.54, 1.807) is 12.1 Å². The molecule has 1 aromatic rings. The van der Waals surface area contributed by atoms with Crippen molar-refractivity contribution in [3.05, 3.63) is 29.8 Å². The van der Waals surface area contributed by atoms with E-state index in [2.05, 4.69) is 4.90 Å². The fourth-order valence-electron chi connectivity index (χ4n) is 2.84. The van der Waals surface area contributed by atoms with Crippen LogP contribution >= 0.6 is 24.8 Å². The second kappa shape index (κ2) is 11.2. The maximum Gasteiger partial charge on any atom is 0.256 e. The van der Waals surface area contributed by atoms with E-state index in [0.717, 1.165) is 13.1 Å². The molecular weight excluding hydrogens is 363 g/mol. The highest BCUT2D eigenvalue weighted by atomic mass is 35.5. The summed E-state index contributed by atoms with van der Waals surface area (Å²) in [6.45, 7) is 8.55. The van der Waals surface area contributed by atoms with Gasteiger partial charge < -0.3 is 15.5 Å². The Kier molecular flexibility index (Phi) is 10.5. The number of amides is 2. The van der Waals surface area contributed by atoms with Crippen LogP contribution in [-0.2, 0) is 4.79 Å². The molecule has 0 radical (unpaired) electrons. The van der Waals surface area contributed by atoms with Gasteiger partial charge in [0.2, 0.25) is 5.91 Å². The molecule has 6 nitrogen and oxygen atoms in total. The molecule has 2 amide bonds. The van der Waals surface area contributed by atoms with Gasteiger partial charge in [-0.2, -0.15) is 0 Å². The van der Waals surface area contributed by atoms with Gasteiger partial charge in [0, 0.05) is 45.0 Å². The summed E-state index contributed by atoms with van der Waals surface area (Å²) in [5.74, 6) is 0.125. The first-order valence-electron chi connectivity index (χ1n) is 8.20. The second-order valence-electron chi connectivity index (χ2n) is 5.72. The summed E-state index contributed by atoms with van der Waals surface area (Å²) in [7, 11) is 0. The standard InChI is InChI=1S/C17H26N4O2.2ClH/c1-3-20(4-2)16(22)13-19-9-11-21(12-10-19)17(23)14-7-5-6-8-15(14)18;;/h5-8H,3-4,9-13,18H2,1-2H3;2*1H. The average molecular weight is 391 g/mol. The van der Waals surface area contributed by atoms with Gasteiger partial charge in [-0.3, -0.25) is 14.5 Å². The molecule has 8 heteroatoms. The first-order chi connectivity index (χ1) is 11.1. The van der Waals surface area contributed by atoms with E-state index in [4.69, 9.17) is 5.73 Å². The van der Waals surface area contributed by atoms with Crippen molar-refractivity contribution in [1.29, 1.82) is 0 Å². The second-order valence-corrected chi connectivity index (χ2v) is 5.72. The number of carbonyl (C=O) groups is 2. The number of halogens is 2. The first kappa shape index (κ1) is 23.5. The maximum atomic E-state index is 12.5. The number of piperazine rings is 1. The van der Waals surface area contributed by atoms with Crippen LogP contribution < -0.4 is 5.73 Å². The molecule has 1 aliphatic rings. The van der Waals surface area contributed by atoms with Crippen molar-refractivity contribution >= 4 is 42.3 Å². The summed E-state index contributed by atoms with van der Waals surface area (Å²) in [4.78, 5) is 30.4. The summed E-state index contributed by atoms with van der Waals surface area (Å²) in [5.41, 5.74) is 6.94. The molecular formula is C17H28Cl2N4O2. The van der Waals surface area contributed by atoms with Crippen molar-refractivity contribution in [3.63, 3.8) is 0 Å². The highest BCUT2D eigenvalue weighted by Gasteiger charge is 2.25. The number of hydrogen-bond acceptors (Lipinski definition) is 4. The van der Waals surface area contributed by atoms with Crippen LogP contribution in [0.3, 0.4) is 0 Å². The van der Waals surface area contributed by atoms with Crippen LogP contribution in [0.5, 0.6) is 0 Å². The molecule has 0 saturated carbocycles. The first-order valence-corrected chi connectivity index (χ1v) is 8.20. The number of nitrogens with zero attached hydrogens (tertiary/aromatic N) is 3. The molecule has 0 spiro atoms. The SMILES string of the molecule is CCN(CC)C(=O)CN1CCN(C(=O)c2ccccc2N)CC1.Cl.Cl. The van der Waals surface area contributed by atoms with Gasteiger partial charge in [-0.25, -0.2) is 0 Å². The lowest BCUT2D eigenvalue weighted by Gasteiger charge is -2.35. The van der Waals surface area contributed by atoms with Crippen LogP contribution in [0.15, 0.2) is 24.3 Å². The van der Waals surface area contributed by atoms with Gasteiger partial charge in [0.25, 0.3) is 5.91 Å². The van der Waals surface area contributed by atoms with E-state index < -0.39 is 0 Å². The van der Waals surface area contributed by atoms with Gasteiger partial charge in [-0.1, -0.05) is 12.1 Å². The zero-order chi connectivity index (χ0) is 16.8. The van der Waals surface area contributed by atoms with Gasteiger partial charge in [-0.15, -0.1) is 24.8 Å². The lowest BCUT2D eigenvalue weighted by molar-refractivity contribution is -0.132. The fraction of sp³-hybridized carbons (Fsp3) is 0.529. The molecule has 1 heterocycles. The van der Waals surface area contributed by atoms with Crippen LogP contribution in [0, 0.1) is 0 Å². The predicted octanol–water partition coefficient (Wildman–Crippen LogP) is 1.74. The van der Waals surface area contributed by atoms with Crippen molar-refractivity contribution in [3.8, 4) is 0 Å². The molecule has 0 bridgehead atoms. The van der Waals surface area contributed by atoms with E-state index in [0.29, 0.717) is 44.0 Å². The highest BCUT2D eigenvalue weighted by Crippen LogP contribution is 2.15. The summed E-state index contributed by atoms with van der Waals surface area (Å²) in [5, 5.41) is 0. The number of hydrogen-bond donors (Lipinski definition) is 1. The summed E-state index contributed by atoms with van der Waals surface area (Å²) in [6, 6.07) is 7.14. The largest absolute Gasteiger partial charge is 0.398 e. The summed E-state index contributed by atoms with van der Waals surface area (Å²) in [6.07, 6.45) is 0. The van der Waals surface area contributed by atoms with Crippen LogP contribution in [0.25, 0.3) is 0 Å². The van der Waals surface area contributed by atoms with E-state index in [9.17, 15) is 9.59 Å². The molecule has 142 valence electrons. The molecule has 2 N–H and O–H groups in total. The van der Waals surface area contributed by atoms with Crippen molar-refractivity contribution in [2.24, 2.45) is 0 Å². The third kappa shape index (κ3) is 6.06.